The Kier molecular flexibility index (Phi) is 10.6. The van der Waals surface area contributed by atoms with E-state index in [1.807, 2.05) is 30.3 Å². The molecule has 7 nitrogen and oxygen atoms in total. The van der Waals surface area contributed by atoms with Gasteiger partial charge in [0.25, 0.3) is 10.0 Å². The molecule has 1 N–H and O–H groups in total. The third kappa shape index (κ3) is 7.80. The van der Waals surface area contributed by atoms with Gasteiger partial charge in [0.2, 0.25) is 11.8 Å². The fourth-order valence-electron chi connectivity index (χ4n) is 4.75. The van der Waals surface area contributed by atoms with Crippen LogP contribution < -0.4 is 9.62 Å². The zero-order valence-corrected chi connectivity index (χ0v) is 25.5. The number of nitrogens with zero attached hydrogens (tertiary/aromatic N) is 2. The van der Waals surface area contributed by atoms with Crippen LogP contribution >= 0.6 is 11.6 Å². The predicted octanol–water partition coefficient (Wildman–Crippen LogP) is 5.76. The molecule has 0 saturated carbocycles. The standard InChI is InChI=1S/C33H33ClFN3O4S/c1-3-36-33(40)31(21-25-12-5-4-6-13-25)37(22-26-14-8-9-15-29(26)35)32(39)23-38(30-16-10-7-11-24(30)2)43(41,42)28-19-17-27(34)18-20-28/h4-20,31H,3,21-23H2,1-2H3,(H,36,40)/t31-/m1/s1. The SMILES string of the molecule is CCNC(=O)[C@@H](Cc1ccccc1)N(Cc1ccccc1F)C(=O)CN(c1ccccc1C)S(=O)(=O)c1ccc(Cl)cc1. The highest BCUT2D eigenvalue weighted by molar-refractivity contribution is 7.92. The third-order valence-corrected chi connectivity index (χ3v) is 9.01. The van der Waals surface area contributed by atoms with Crippen LogP contribution in [0.5, 0.6) is 0 Å². The molecule has 0 radical (unpaired) electrons. The van der Waals surface area contributed by atoms with E-state index < -0.39 is 40.2 Å². The number of hydrogen-bond donors (Lipinski definition) is 1. The van der Waals surface area contributed by atoms with Gasteiger partial charge in [-0.3, -0.25) is 13.9 Å². The van der Waals surface area contributed by atoms with Gasteiger partial charge in [-0.15, -0.1) is 0 Å². The number of rotatable bonds is 12. The lowest BCUT2D eigenvalue weighted by Gasteiger charge is -2.34. The summed E-state index contributed by atoms with van der Waals surface area (Å²) in [7, 11) is -4.27. The Morgan fingerprint density at radius 2 is 1.51 bits per heavy atom. The molecule has 10 heteroatoms. The van der Waals surface area contributed by atoms with Gasteiger partial charge in [0, 0.05) is 30.1 Å². The minimum atomic E-state index is -4.27. The van der Waals surface area contributed by atoms with E-state index >= 15 is 0 Å². The first-order valence-electron chi connectivity index (χ1n) is 13.8. The summed E-state index contributed by atoms with van der Waals surface area (Å²) in [6.45, 7) is 2.94. The Balaban J connectivity index is 1.81. The van der Waals surface area contributed by atoms with Crippen molar-refractivity contribution < 1.29 is 22.4 Å². The van der Waals surface area contributed by atoms with Crippen molar-refractivity contribution in [3.8, 4) is 0 Å². The molecule has 0 aromatic heterocycles. The van der Waals surface area contributed by atoms with Crippen LogP contribution in [0.25, 0.3) is 0 Å². The van der Waals surface area contributed by atoms with Crippen molar-refractivity contribution in [3.63, 3.8) is 0 Å². The van der Waals surface area contributed by atoms with E-state index in [9.17, 15) is 22.4 Å². The van der Waals surface area contributed by atoms with Crippen LogP contribution in [0.15, 0.2) is 108 Å². The average Bonchev–Trinajstić information content (AvgIpc) is 2.99. The Labute approximate surface area is 257 Å². The molecule has 0 aliphatic rings. The van der Waals surface area contributed by atoms with E-state index in [0.717, 1.165) is 9.87 Å². The highest BCUT2D eigenvalue weighted by Gasteiger charge is 2.35. The summed E-state index contributed by atoms with van der Waals surface area (Å²) in [6.07, 6.45) is 0.140. The smallest absolute Gasteiger partial charge is 0.264 e. The molecule has 0 heterocycles. The maximum Gasteiger partial charge on any atom is 0.264 e. The highest BCUT2D eigenvalue weighted by atomic mass is 35.5. The fraction of sp³-hybridized carbons (Fsp3) is 0.212. The molecule has 4 aromatic carbocycles. The molecule has 0 aliphatic heterocycles. The minimum Gasteiger partial charge on any atom is -0.355 e. The summed E-state index contributed by atoms with van der Waals surface area (Å²) in [5, 5.41) is 3.15. The number of halogens is 2. The number of carbonyl (C=O) groups is 2. The van der Waals surface area contributed by atoms with Gasteiger partial charge >= 0.3 is 0 Å². The average molecular weight is 622 g/mol. The van der Waals surface area contributed by atoms with Gasteiger partial charge in [0.05, 0.1) is 10.6 Å². The van der Waals surface area contributed by atoms with Crippen LogP contribution in [0, 0.1) is 12.7 Å². The lowest BCUT2D eigenvalue weighted by Crippen LogP contribution is -2.53. The van der Waals surface area contributed by atoms with Crippen LogP contribution in [-0.4, -0.2) is 44.3 Å². The van der Waals surface area contributed by atoms with Gasteiger partial charge in [0.1, 0.15) is 18.4 Å². The molecule has 4 rings (SSSR count). The number of anilines is 1. The summed E-state index contributed by atoms with van der Waals surface area (Å²) in [5.74, 6) is -1.64. The molecule has 0 saturated heterocycles. The van der Waals surface area contributed by atoms with Gasteiger partial charge in [-0.05, 0) is 61.4 Å². The number of amides is 2. The van der Waals surface area contributed by atoms with Crippen LogP contribution in [-0.2, 0) is 32.6 Å². The minimum absolute atomic E-state index is 0.0573. The first-order chi connectivity index (χ1) is 20.6. The number of sulfonamides is 1. The van der Waals surface area contributed by atoms with Crippen molar-refractivity contribution in [1.82, 2.24) is 10.2 Å². The quantitative estimate of drug-likeness (QED) is 0.218. The lowest BCUT2D eigenvalue weighted by molar-refractivity contribution is -0.140. The largest absolute Gasteiger partial charge is 0.355 e. The van der Waals surface area contributed by atoms with E-state index in [1.165, 1.54) is 47.4 Å². The number of para-hydroxylation sites is 1. The predicted molar refractivity (Wildman–Crippen MR) is 167 cm³/mol. The Morgan fingerprint density at radius 3 is 2.16 bits per heavy atom. The van der Waals surface area contributed by atoms with Gasteiger partial charge in [-0.2, -0.15) is 0 Å². The van der Waals surface area contributed by atoms with E-state index in [0.29, 0.717) is 22.8 Å². The molecular weight excluding hydrogens is 589 g/mol. The van der Waals surface area contributed by atoms with Gasteiger partial charge in [0.15, 0.2) is 0 Å². The first kappa shape index (κ1) is 31.7. The third-order valence-electron chi connectivity index (χ3n) is 6.99. The molecule has 0 aliphatic carbocycles. The molecule has 0 spiro atoms. The van der Waals surface area contributed by atoms with Gasteiger partial charge < -0.3 is 10.2 Å². The maximum absolute atomic E-state index is 14.9. The molecule has 4 aromatic rings. The van der Waals surface area contributed by atoms with Crippen LogP contribution in [0.1, 0.15) is 23.6 Å². The zero-order valence-electron chi connectivity index (χ0n) is 23.9. The maximum atomic E-state index is 14.9. The molecule has 0 fully saturated rings. The van der Waals surface area contributed by atoms with Crippen molar-refractivity contribution in [1.29, 1.82) is 0 Å². The summed E-state index contributed by atoms with van der Waals surface area (Å²) in [6, 6.07) is 26.6. The second-order valence-corrected chi connectivity index (χ2v) is 12.3. The number of carbonyl (C=O) groups excluding carboxylic acids is 2. The van der Waals surface area contributed by atoms with Crippen molar-refractivity contribution in [2.45, 2.75) is 37.8 Å². The lowest BCUT2D eigenvalue weighted by atomic mass is 10.0. The van der Waals surface area contributed by atoms with E-state index in [1.54, 1.807) is 44.2 Å². The summed E-state index contributed by atoms with van der Waals surface area (Å²) in [5.41, 5.74) is 1.91. The monoisotopic (exact) mass is 621 g/mol. The van der Waals surface area contributed by atoms with Crippen molar-refractivity contribution >= 4 is 39.1 Å². The van der Waals surface area contributed by atoms with Crippen molar-refractivity contribution in [3.05, 3.63) is 131 Å². The normalized spacial score (nSPS) is 11.9. The molecule has 1 atom stereocenters. The van der Waals surface area contributed by atoms with Crippen molar-refractivity contribution in [2.75, 3.05) is 17.4 Å². The first-order valence-corrected chi connectivity index (χ1v) is 15.6. The van der Waals surface area contributed by atoms with E-state index in [4.69, 9.17) is 11.6 Å². The topological polar surface area (TPSA) is 86.8 Å². The second kappa shape index (κ2) is 14.3. The Bertz CT molecular complexity index is 1670. The van der Waals surface area contributed by atoms with Crippen LogP contribution in [0.4, 0.5) is 10.1 Å². The Morgan fingerprint density at radius 1 is 0.884 bits per heavy atom. The fourth-order valence-corrected chi connectivity index (χ4v) is 6.35. The van der Waals surface area contributed by atoms with Gasteiger partial charge in [-0.1, -0.05) is 78.3 Å². The number of aryl methyl sites for hydroxylation is 1. The number of likely N-dealkylation sites (N-methyl/N-ethyl adjacent to an activating group) is 1. The summed E-state index contributed by atoms with van der Waals surface area (Å²) in [4.78, 5) is 29.0. The summed E-state index contributed by atoms with van der Waals surface area (Å²) < 4.78 is 44.0. The van der Waals surface area contributed by atoms with E-state index in [-0.39, 0.29) is 23.4 Å². The number of benzene rings is 4. The molecule has 43 heavy (non-hydrogen) atoms. The Hall–Kier alpha value is -4.21. The van der Waals surface area contributed by atoms with Crippen molar-refractivity contribution in [2.24, 2.45) is 0 Å². The zero-order chi connectivity index (χ0) is 31.0. The molecule has 224 valence electrons. The molecule has 0 unspecified atom stereocenters. The molecular formula is C33H33ClFN3O4S. The van der Waals surface area contributed by atoms with Crippen LogP contribution in [0.3, 0.4) is 0 Å². The summed E-state index contributed by atoms with van der Waals surface area (Å²) >= 11 is 6.02. The number of hydrogen-bond acceptors (Lipinski definition) is 4. The second-order valence-electron chi connectivity index (χ2n) is 9.97. The van der Waals surface area contributed by atoms with Gasteiger partial charge in [-0.25, -0.2) is 12.8 Å². The van der Waals surface area contributed by atoms with Crippen LogP contribution in [0.2, 0.25) is 5.02 Å². The molecule has 2 amide bonds. The molecule has 0 bridgehead atoms. The van der Waals surface area contributed by atoms with E-state index in [2.05, 4.69) is 5.32 Å². The number of nitrogens with one attached hydrogen (secondary N) is 1. The highest BCUT2D eigenvalue weighted by Crippen LogP contribution is 2.28.